The van der Waals surface area contributed by atoms with Crippen LogP contribution in [0.2, 0.25) is 0 Å². The number of hydrogen-bond acceptors (Lipinski definition) is 6. The number of carbonyl (C=O) groups is 1. The summed E-state index contributed by atoms with van der Waals surface area (Å²) >= 11 is 1.72. The number of hydrogen-bond donors (Lipinski definition) is 2. The highest BCUT2D eigenvalue weighted by Crippen LogP contribution is 2.23. The number of nitrogens with one attached hydrogen (secondary N) is 1. The summed E-state index contributed by atoms with van der Waals surface area (Å²) in [5, 5.41) is 13.7. The van der Waals surface area contributed by atoms with E-state index < -0.39 is 10.8 Å². The monoisotopic (exact) mass is 318 g/mol. The van der Waals surface area contributed by atoms with Gasteiger partial charge in [-0.2, -0.15) is 11.8 Å². The van der Waals surface area contributed by atoms with Crippen LogP contribution in [-0.2, 0) is 5.75 Å². The molecule has 114 valence electrons. The second kappa shape index (κ2) is 6.90. The SMILES string of the molecule is CSCc1ccc(Nc2ncc([N+](=O)[O-])cc2C(N)=O)cc1. The van der Waals surface area contributed by atoms with Crippen molar-refractivity contribution >= 4 is 34.9 Å². The quantitative estimate of drug-likeness (QED) is 0.625. The molecule has 0 saturated carbocycles. The molecule has 0 aliphatic heterocycles. The molecule has 1 aromatic heterocycles. The first kappa shape index (κ1) is 15.8. The van der Waals surface area contributed by atoms with Crippen LogP contribution in [0, 0.1) is 10.1 Å². The third-order valence-corrected chi connectivity index (χ3v) is 3.50. The summed E-state index contributed by atoms with van der Waals surface area (Å²) in [7, 11) is 0. The van der Waals surface area contributed by atoms with E-state index in [2.05, 4.69) is 10.3 Å². The molecule has 1 aromatic carbocycles. The number of nitro groups is 1. The number of pyridine rings is 1. The fourth-order valence-electron chi connectivity index (χ4n) is 1.83. The Bertz CT molecular complexity index is 704. The Labute approximate surface area is 131 Å². The molecule has 0 saturated heterocycles. The lowest BCUT2D eigenvalue weighted by atomic mass is 10.2. The topological polar surface area (TPSA) is 111 Å². The number of benzene rings is 1. The average molecular weight is 318 g/mol. The molecule has 0 aliphatic carbocycles. The van der Waals surface area contributed by atoms with Crippen LogP contribution in [0.3, 0.4) is 0 Å². The molecule has 0 unspecified atom stereocenters. The number of thioether (sulfide) groups is 1. The number of primary amides is 1. The summed E-state index contributed by atoms with van der Waals surface area (Å²) in [6.07, 6.45) is 3.10. The molecule has 1 amide bonds. The summed E-state index contributed by atoms with van der Waals surface area (Å²) in [5.41, 5.74) is 6.84. The predicted molar refractivity (Wildman–Crippen MR) is 86.4 cm³/mol. The van der Waals surface area contributed by atoms with Crippen molar-refractivity contribution < 1.29 is 9.72 Å². The maximum atomic E-state index is 11.4. The Morgan fingerprint density at radius 1 is 1.41 bits per heavy atom. The Balaban J connectivity index is 2.28. The normalized spacial score (nSPS) is 10.2. The van der Waals surface area contributed by atoms with E-state index in [1.165, 1.54) is 5.56 Å². The number of nitrogens with zero attached hydrogens (tertiary/aromatic N) is 2. The fraction of sp³-hybridized carbons (Fsp3) is 0.143. The maximum absolute atomic E-state index is 11.4. The minimum Gasteiger partial charge on any atom is -0.365 e. The zero-order valence-corrected chi connectivity index (χ0v) is 12.6. The van der Waals surface area contributed by atoms with E-state index in [4.69, 9.17) is 5.73 Å². The van der Waals surface area contributed by atoms with Gasteiger partial charge in [0, 0.05) is 17.5 Å². The lowest BCUT2D eigenvalue weighted by molar-refractivity contribution is -0.385. The summed E-state index contributed by atoms with van der Waals surface area (Å²) in [4.78, 5) is 25.5. The Morgan fingerprint density at radius 2 is 2.09 bits per heavy atom. The van der Waals surface area contributed by atoms with E-state index in [0.717, 1.165) is 18.0 Å². The highest BCUT2D eigenvalue weighted by molar-refractivity contribution is 7.97. The zero-order chi connectivity index (χ0) is 16.1. The van der Waals surface area contributed by atoms with Crippen molar-refractivity contribution in [2.75, 3.05) is 11.6 Å². The van der Waals surface area contributed by atoms with Crippen molar-refractivity contribution in [2.24, 2.45) is 5.73 Å². The van der Waals surface area contributed by atoms with Crippen molar-refractivity contribution in [3.05, 3.63) is 57.8 Å². The molecule has 0 atom stereocenters. The molecule has 0 radical (unpaired) electrons. The summed E-state index contributed by atoms with van der Waals surface area (Å²) in [5.74, 6) is 0.316. The van der Waals surface area contributed by atoms with Crippen LogP contribution in [0.4, 0.5) is 17.2 Å². The van der Waals surface area contributed by atoms with Crippen LogP contribution >= 0.6 is 11.8 Å². The van der Waals surface area contributed by atoms with Gasteiger partial charge in [-0.25, -0.2) is 4.98 Å². The van der Waals surface area contributed by atoms with Gasteiger partial charge in [0.15, 0.2) is 0 Å². The molecule has 0 spiro atoms. The summed E-state index contributed by atoms with van der Waals surface area (Å²) < 4.78 is 0. The number of anilines is 2. The Kier molecular flexibility index (Phi) is 4.95. The van der Waals surface area contributed by atoms with Gasteiger partial charge in [-0.1, -0.05) is 12.1 Å². The Hall–Kier alpha value is -2.61. The smallest absolute Gasteiger partial charge is 0.288 e. The van der Waals surface area contributed by atoms with Crippen molar-refractivity contribution in [2.45, 2.75) is 5.75 Å². The van der Waals surface area contributed by atoms with Gasteiger partial charge in [0.2, 0.25) is 0 Å². The van der Waals surface area contributed by atoms with Crippen LogP contribution in [0.1, 0.15) is 15.9 Å². The molecule has 0 fully saturated rings. The first-order chi connectivity index (χ1) is 10.5. The van der Waals surface area contributed by atoms with Gasteiger partial charge in [-0.3, -0.25) is 14.9 Å². The second-order valence-electron chi connectivity index (χ2n) is 4.47. The first-order valence-electron chi connectivity index (χ1n) is 6.30. The number of rotatable bonds is 6. The first-order valence-corrected chi connectivity index (χ1v) is 7.70. The fourth-order valence-corrected chi connectivity index (χ4v) is 2.35. The molecule has 22 heavy (non-hydrogen) atoms. The number of amides is 1. The molecule has 3 N–H and O–H groups in total. The van der Waals surface area contributed by atoms with Crippen molar-refractivity contribution in [1.29, 1.82) is 0 Å². The maximum Gasteiger partial charge on any atom is 0.288 e. The van der Waals surface area contributed by atoms with Gasteiger partial charge in [0.05, 0.1) is 10.5 Å². The van der Waals surface area contributed by atoms with Gasteiger partial charge in [-0.05, 0) is 24.0 Å². The third kappa shape index (κ3) is 3.73. The van der Waals surface area contributed by atoms with Crippen LogP contribution in [0.5, 0.6) is 0 Å². The van der Waals surface area contributed by atoms with Crippen LogP contribution < -0.4 is 11.1 Å². The summed E-state index contributed by atoms with van der Waals surface area (Å²) in [6, 6.07) is 8.71. The van der Waals surface area contributed by atoms with Crippen molar-refractivity contribution in [3.8, 4) is 0 Å². The van der Waals surface area contributed by atoms with E-state index in [-0.39, 0.29) is 17.1 Å². The molecule has 8 heteroatoms. The lowest BCUT2D eigenvalue weighted by Crippen LogP contribution is -2.14. The highest BCUT2D eigenvalue weighted by atomic mass is 32.2. The molecular weight excluding hydrogens is 304 g/mol. The van der Waals surface area contributed by atoms with Crippen molar-refractivity contribution in [1.82, 2.24) is 4.98 Å². The van der Waals surface area contributed by atoms with Crippen molar-refractivity contribution in [3.63, 3.8) is 0 Å². The third-order valence-electron chi connectivity index (χ3n) is 2.88. The van der Waals surface area contributed by atoms with E-state index in [0.29, 0.717) is 5.69 Å². The van der Waals surface area contributed by atoms with Gasteiger partial charge in [0.25, 0.3) is 11.6 Å². The molecular formula is C14H14N4O3S. The van der Waals surface area contributed by atoms with Gasteiger partial charge in [-0.15, -0.1) is 0 Å². The van der Waals surface area contributed by atoms with Gasteiger partial charge < -0.3 is 11.1 Å². The molecule has 0 aliphatic rings. The molecule has 0 bridgehead atoms. The second-order valence-corrected chi connectivity index (χ2v) is 5.33. The highest BCUT2D eigenvalue weighted by Gasteiger charge is 2.16. The van der Waals surface area contributed by atoms with Gasteiger partial charge in [0.1, 0.15) is 12.0 Å². The average Bonchev–Trinajstić information content (AvgIpc) is 2.49. The minimum absolute atomic E-state index is 0.0256. The molecule has 2 rings (SSSR count). The van der Waals surface area contributed by atoms with E-state index in [1.54, 1.807) is 11.8 Å². The number of nitrogens with two attached hydrogens (primary N) is 1. The number of carbonyl (C=O) groups excluding carboxylic acids is 1. The van der Waals surface area contributed by atoms with Gasteiger partial charge >= 0.3 is 0 Å². The minimum atomic E-state index is -0.780. The Morgan fingerprint density at radius 3 is 2.64 bits per heavy atom. The van der Waals surface area contributed by atoms with Crippen LogP contribution in [-0.4, -0.2) is 22.1 Å². The van der Waals surface area contributed by atoms with Crippen LogP contribution in [0.25, 0.3) is 0 Å². The van der Waals surface area contributed by atoms with Crippen LogP contribution in [0.15, 0.2) is 36.5 Å². The number of aromatic nitrogens is 1. The largest absolute Gasteiger partial charge is 0.365 e. The zero-order valence-electron chi connectivity index (χ0n) is 11.8. The molecule has 7 nitrogen and oxygen atoms in total. The van der Waals surface area contributed by atoms with E-state index >= 15 is 0 Å². The van der Waals surface area contributed by atoms with E-state index in [1.807, 2.05) is 30.5 Å². The predicted octanol–water partition coefficient (Wildman–Crippen LogP) is 2.70. The standard InChI is InChI=1S/C14H14N4O3S/c1-22-8-9-2-4-10(5-3-9)17-14-12(13(15)19)6-11(7-16-14)18(20)21/h2-7H,8H2,1H3,(H2,15,19)(H,16,17). The molecule has 2 aromatic rings. The summed E-state index contributed by atoms with van der Waals surface area (Å²) in [6.45, 7) is 0. The lowest BCUT2D eigenvalue weighted by Gasteiger charge is -2.09. The molecule has 1 heterocycles. The van der Waals surface area contributed by atoms with E-state index in [9.17, 15) is 14.9 Å².